The molecule has 1 N–H and O–H groups in total. The van der Waals surface area contributed by atoms with E-state index in [1.165, 1.54) is 38.9 Å². The predicted octanol–water partition coefficient (Wildman–Crippen LogP) is 2.49. The van der Waals surface area contributed by atoms with Crippen LogP contribution in [-0.2, 0) is 0 Å². The van der Waals surface area contributed by atoms with Crippen LogP contribution < -0.4 is 5.32 Å². The van der Waals surface area contributed by atoms with Crippen molar-refractivity contribution < 1.29 is 0 Å². The summed E-state index contributed by atoms with van der Waals surface area (Å²) in [5.41, 5.74) is 0. The Bertz CT molecular complexity index is 166. The number of likely N-dealkylation sites (tertiary alicyclic amines) is 1. The standard InChI is InChI=1S/C13H28N2/c1-11(2)6-5-8-15-9-7-13(10-15)14-12(3)4/h11-14H,5-10H2,1-4H3/t13-/m1/s1. The fraction of sp³-hybridized carbons (Fsp3) is 1.00. The highest BCUT2D eigenvalue weighted by molar-refractivity contribution is 4.81. The molecule has 1 atom stereocenters. The van der Waals surface area contributed by atoms with Gasteiger partial charge in [-0.3, -0.25) is 0 Å². The van der Waals surface area contributed by atoms with Crippen LogP contribution in [0.1, 0.15) is 47.0 Å². The second-order valence-corrected chi connectivity index (χ2v) is 5.64. The summed E-state index contributed by atoms with van der Waals surface area (Å²) in [6, 6.07) is 1.37. The molecular formula is C13H28N2. The van der Waals surface area contributed by atoms with Crippen LogP contribution in [0.15, 0.2) is 0 Å². The molecule has 1 fully saturated rings. The van der Waals surface area contributed by atoms with Gasteiger partial charge in [0.25, 0.3) is 0 Å². The average Bonchev–Trinajstić information content (AvgIpc) is 2.50. The van der Waals surface area contributed by atoms with Crippen LogP contribution in [0.5, 0.6) is 0 Å². The maximum absolute atomic E-state index is 3.63. The first-order valence-electron chi connectivity index (χ1n) is 6.56. The Morgan fingerprint density at radius 1 is 1.27 bits per heavy atom. The monoisotopic (exact) mass is 212 g/mol. The molecule has 1 rings (SSSR count). The molecule has 15 heavy (non-hydrogen) atoms. The molecule has 0 amide bonds. The van der Waals surface area contributed by atoms with Gasteiger partial charge in [-0.25, -0.2) is 0 Å². The molecule has 0 aromatic carbocycles. The van der Waals surface area contributed by atoms with E-state index in [0.29, 0.717) is 6.04 Å². The summed E-state index contributed by atoms with van der Waals surface area (Å²) in [5.74, 6) is 0.859. The molecule has 0 radical (unpaired) electrons. The summed E-state index contributed by atoms with van der Waals surface area (Å²) in [7, 11) is 0. The van der Waals surface area contributed by atoms with Crippen molar-refractivity contribution in [3.05, 3.63) is 0 Å². The molecular weight excluding hydrogens is 184 g/mol. The highest BCUT2D eigenvalue weighted by Gasteiger charge is 2.21. The Kier molecular flexibility index (Phi) is 5.62. The lowest BCUT2D eigenvalue weighted by molar-refractivity contribution is 0.309. The summed E-state index contributed by atoms with van der Waals surface area (Å²) in [6.45, 7) is 13.0. The third-order valence-corrected chi connectivity index (χ3v) is 3.10. The van der Waals surface area contributed by atoms with Crippen LogP contribution in [0.25, 0.3) is 0 Å². The van der Waals surface area contributed by atoms with Gasteiger partial charge in [0.05, 0.1) is 0 Å². The molecule has 2 nitrogen and oxygen atoms in total. The van der Waals surface area contributed by atoms with Crippen molar-refractivity contribution in [1.82, 2.24) is 10.2 Å². The van der Waals surface area contributed by atoms with Gasteiger partial charge < -0.3 is 10.2 Å². The molecule has 90 valence electrons. The van der Waals surface area contributed by atoms with E-state index in [1.54, 1.807) is 0 Å². The van der Waals surface area contributed by atoms with Crippen LogP contribution in [0, 0.1) is 5.92 Å². The van der Waals surface area contributed by atoms with Crippen LogP contribution in [0.2, 0.25) is 0 Å². The third kappa shape index (κ3) is 5.53. The molecule has 0 aliphatic carbocycles. The number of hydrogen-bond acceptors (Lipinski definition) is 2. The van der Waals surface area contributed by atoms with E-state index < -0.39 is 0 Å². The van der Waals surface area contributed by atoms with E-state index in [9.17, 15) is 0 Å². The van der Waals surface area contributed by atoms with Crippen molar-refractivity contribution in [3.63, 3.8) is 0 Å². The number of hydrogen-bond donors (Lipinski definition) is 1. The van der Waals surface area contributed by atoms with E-state index >= 15 is 0 Å². The number of nitrogens with zero attached hydrogens (tertiary/aromatic N) is 1. The zero-order valence-corrected chi connectivity index (χ0v) is 10.9. The van der Waals surface area contributed by atoms with Crippen molar-refractivity contribution in [2.75, 3.05) is 19.6 Å². The van der Waals surface area contributed by atoms with Crippen molar-refractivity contribution in [2.45, 2.75) is 59.0 Å². The van der Waals surface area contributed by atoms with Crippen LogP contribution in [0.3, 0.4) is 0 Å². The van der Waals surface area contributed by atoms with Gasteiger partial charge in [0, 0.05) is 18.6 Å². The lowest BCUT2D eigenvalue weighted by Gasteiger charge is -2.18. The summed E-state index contributed by atoms with van der Waals surface area (Å²) in [4.78, 5) is 2.61. The topological polar surface area (TPSA) is 15.3 Å². The van der Waals surface area contributed by atoms with Gasteiger partial charge in [0.2, 0.25) is 0 Å². The van der Waals surface area contributed by atoms with Crippen molar-refractivity contribution in [2.24, 2.45) is 5.92 Å². The Morgan fingerprint density at radius 2 is 2.00 bits per heavy atom. The second kappa shape index (κ2) is 6.49. The molecule has 1 aliphatic heterocycles. The van der Waals surface area contributed by atoms with E-state index in [4.69, 9.17) is 0 Å². The molecule has 1 aliphatic rings. The molecule has 1 heterocycles. The first-order chi connectivity index (χ1) is 7.08. The fourth-order valence-electron chi connectivity index (χ4n) is 2.37. The zero-order chi connectivity index (χ0) is 11.3. The zero-order valence-electron chi connectivity index (χ0n) is 10.9. The predicted molar refractivity (Wildman–Crippen MR) is 67.2 cm³/mol. The molecule has 0 saturated carbocycles. The van der Waals surface area contributed by atoms with Gasteiger partial charge in [0.15, 0.2) is 0 Å². The molecule has 0 aromatic heterocycles. The smallest absolute Gasteiger partial charge is 0.0209 e. The maximum Gasteiger partial charge on any atom is 0.0209 e. The second-order valence-electron chi connectivity index (χ2n) is 5.64. The van der Waals surface area contributed by atoms with Gasteiger partial charge in [-0.15, -0.1) is 0 Å². The van der Waals surface area contributed by atoms with Crippen LogP contribution in [0.4, 0.5) is 0 Å². The van der Waals surface area contributed by atoms with Gasteiger partial charge >= 0.3 is 0 Å². The van der Waals surface area contributed by atoms with Crippen LogP contribution in [-0.4, -0.2) is 36.6 Å². The maximum atomic E-state index is 3.63. The van der Waals surface area contributed by atoms with Gasteiger partial charge in [-0.2, -0.15) is 0 Å². The van der Waals surface area contributed by atoms with E-state index in [-0.39, 0.29) is 0 Å². The average molecular weight is 212 g/mol. The third-order valence-electron chi connectivity index (χ3n) is 3.10. The lowest BCUT2D eigenvalue weighted by atomic mass is 10.1. The Hall–Kier alpha value is -0.0800. The number of nitrogens with one attached hydrogen (secondary N) is 1. The highest BCUT2D eigenvalue weighted by atomic mass is 15.2. The van der Waals surface area contributed by atoms with Gasteiger partial charge in [0.1, 0.15) is 0 Å². The lowest BCUT2D eigenvalue weighted by Crippen LogP contribution is -2.37. The molecule has 1 saturated heterocycles. The van der Waals surface area contributed by atoms with E-state index in [1.807, 2.05) is 0 Å². The van der Waals surface area contributed by atoms with Crippen LogP contribution >= 0.6 is 0 Å². The first-order valence-corrected chi connectivity index (χ1v) is 6.56. The SMILES string of the molecule is CC(C)CCCN1CC[C@@H](NC(C)C)C1. The van der Waals surface area contributed by atoms with Gasteiger partial charge in [-0.05, 0) is 38.3 Å². The Labute approximate surface area is 95.4 Å². The largest absolute Gasteiger partial charge is 0.310 e. The molecule has 0 aromatic rings. The molecule has 0 spiro atoms. The fourth-order valence-corrected chi connectivity index (χ4v) is 2.37. The summed E-state index contributed by atoms with van der Waals surface area (Å²) < 4.78 is 0. The summed E-state index contributed by atoms with van der Waals surface area (Å²) in [6.07, 6.45) is 4.07. The highest BCUT2D eigenvalue weighted by Crippen LogP contribution is 2.12. The summed E-state index contributed by atoms with van der Waals surface area (Å²) in [5, 5.41) is 3.63. The Balaban J connectivity index is 2.08. The number of rotatable bonds is 6. The minimum absolute atomic E-state index is 0.630. The first kappa shape index (κ1) is 13.0. The molecule has 2 heteroatoms. The molecule has 0 unspecified atom stereocenters. The van der Waals surface area contributed by atoms with Crippen molar-refractivity contribution in [1.29, 1.82) is 0 Å². The quantitative estimate of drug-likeness (QED) is 0.728. The summed E-state index contributed by atoms with van der Waals surface area (Å²) >= 11 is 0. The normalized spacial score (nSPS) is 23.2. The van der Waals surface area contributed by atoms with E-state index in [0.717, 1.165) is 12.0 Å². The Morgan fingerprint density at radius 3 is 2.60 bits per heavy atom. The van der Waals surface area contributed by atoms with Crippen molar-refractivity contribution >= 4 is 0 Å². The van der Waals surface area contributed by atoms with E-state index in [2.05, 4.69) is 37.9 Å². The minimum atomic E-state index is 0.630. The minimum Gasteiger partial charge on any atom is -0.310 e. The van der Waals surface area contributed by atoms with Gasteiger partial charge in [-0.1, -0.05) is 27.7 Å². The van der Waals surface area contributed by atoms with Crippen molar-refractivity contribution in [3.8, 4) is 0 Å². The molecule has 0 bridgehead atoms.